The first kappa shape index (κ1) is 16.3. The number of fused-ring (bicyclic) bond motifs is 1. The Balaban J connectivity index is 1.52. The van der Waals surface area contributed by atoms with Gasteiger partial charge in [-0.25, -0.2) is 4.79 Å². The fraction of sp³-hybridized carbons (Fsp3) is 0.250. The van der Waals surface area contributed by atoms with Crippen LogP contribution in [0.2, 0.25) is 0 Å². The molecule has 1 fully saturated rings. The minimum atomic E-state index is -0.258. The van der Waals surface area contributed by atoms with Crippen LogP contribution in [0.3, 0.4) is 0 Å². The fourth-order valence-electron chi connectivity index (χ4n) is 3.45. The van der Waals surface area contributed by atoms with E-state index in [0.717, 1.165) is 32.7 Å². The average Bonchev–Trinajstić information content (AvgIpc) is 3.06. The number of amides is 4. The highest BCUT2D eigenvalue weighted by Crippen LogP contribution is 2.28. The number of hydrogen-bond donors (Lipinski definition) is 0. The van der Waals surface area contributed by atoms with Crippen molar-refractivity contribution in [2.24, 2.45) is 0 Å². The van der Waals surface area contributed by atoms with Gasteiger partial charge < -0.3 is 9.80 Å². The Bertz CT molecular complexity index is 920. The number of rotatable bonds is 3. The van der Waals surface area contributed by atoms with Crippen LogP contribution in [-0.4, -0.2) is 53.2 Å². The largest absolute Gasteiger partial charge is 0.337 e. The van der Waals surface area contributed by atoms with Gasteiger partial charge in [0, 0.05) is 32.7 Å². The molecule has 4 amide bonds. The number of urea groups is 1. The van der Waals surface area contributed by atoms with Gasteiger partial charge in [-0.15, -0.1) is 0 Å². The molecule has 1 saturated heterocycles. The smallest absolute Gasteiger partial charge is 0.327 e. The van der Waals surface area contributed by atoms with Crippen LogP contribution >= 0.6 is 0 Å². The maximum Gasteiger partial charge on any atom is 0.327 e. The molecule has 0 N–H and O–H groups in total. The Labute approximate surface area is 151 Å². The van der Waals surface area contributed by atoms with Gasteiger partial charge in [0.1, 0.15) is 6.54 Å². The van der Waals surface area contributed by atoms with Crippen LogP contribution in [0.4, 0.5) is 4.79 Å². The van der Waals surface area contributed by atoms with Crippen molar-refractivity contribution in [3.05, 3.63) is 59.2 Å². The van der Waals surface area contributed by atoms with Gasteiger partial charge in [0.25, 0.3) is 5.91 Å². The van der Waals surface area contributed by atoms with Gasteiger partial charge in [0.2, 0.25) is 5.91 Å². The molecular weight excluding hydrogens is 330 g/mol. The van der Waals surface area contributed by atoms with Gasteiger partial charge in [0.15, 0.2) is 0 Å². The molecule has 4 rings (SSSR count). The van der Waals surface area contributed by atoms with E-state index in [1.165, 1.54) is 11.9 Å². The summed E-state index contributed by atoms with van der Waals surface area (Å²) < 4.78 is 0. The quantitative estimate of drug-likeness (QED) is 0.799. The third-order valence-electron chi connectivity index (χ3n) is 5.01. The first-order valence-electron chi connectivity index (χ1n) is 8.47. The molecular formula is C20H19N3O3. The molecule has 2 heterocycles. The minimum absolute atomic E-state index is 0.0664. The van der Waals surface area contributed by atoms with Crippen molar-refractivity contribution < 1.29 is 14.4 Å². The van der Waals surface area contributed by atoms with Crippen molar-refractivity contribution >= 4 is 17.8 Å². The van der Waals surface area contributed by atoms with E-state index in [4.69, 9.17) is 0 Å². The van der Waals surface area contributed by atoms with Gasteiger partial charge in [-0.1, -0.05) is 30.3 Å². The number of benzene rings is 2. The molecule has 132 valence electrons. The van der Waals surface area contributed by atoms with Crippen molar-refractivity contribution in [1.82, 2.24) is 14.7 Å². The van der Waals surface area contributed by atoms with Crippen LogP contribution in [0.5, 0.6) is 0 Å². The SMILES string of the molecule is CN1Cc2cc(-c3ccc(CN4CC(=O)N(C)C4=O)cc3)ccc2C1=O. The maximum absolute atomic E-state index is 12.0. The van der Waals surface area contributed by atoms with Gasteiger partial charge in [-0.3, -0.25) is 14.5 Å². The van der Waals surface area contributed by atoms with Crippen molar-refractivity contribution in [2.45, 2.75) is 13.1 Å². The lowest BCUT2D eigenvalue weighted by Crippen LogP contribution is -2.29. The zero-order chi connectivity index (χ0) is 18.4. The third-order valence-corrected chi connectivity index (χ3v) is 5.01. The van der Waals surface area contributed by atoms with Gasteiger partial charge in [0.05, 0.1) is 0 Å². The van der Waals surface area contributed by atoms with E-state index >= 15 is 0 Å². The fourth-order valence-corrected chi connectivity index (χ4v) is 3.45. The molecule has 2 aromatic carbocycles. The molecule has 0 saturated carbocycles. The van der Waals surface area contributed by atoms with Gasteiger partial charge >= 0.3 is 6.03 Å². The normalized spacial score (nSPS) is 16.7. The van der Waals surface area contributed by atoms with Crippen LogP contribution in [0.25, 0.3) is 11.1 Å². The van der Waals surface area contributed by atoms with Crippen molar-refractivity contribution in [1.29, 1.82) is 0 Å². The highest BCUT2D eigenvalue weighted by atomic mass is 16.2. The zero-order valence-corrected chi connectivity index (χ0v) is 14.7. The highest BCUT2D eigenvalue weighted by molar-refractivity contribution is 6.01. The topological polar surface area (TPSA) is 60.9 Å². The van der Waals surface area contributed by atoms with Gasteiger partial charge in [-0.05, 0) is 34.4 Å². The lowest BCUT2D eigenvalue weighted by molar-refractivity contribution is -0.124. The predicted octanol–water partition coefficient (Wildman–Crippen LogP) is 2.33. The molecule has 0 aromatic heterocycles. The van der Waals surface area contributed by atoms with E-state index in [9.17, 15) is 14.4 Å². The molecule has 0 bridgehead atoms. The minimum Gasteiger partial charge on any atom is -0.337 e. The number of hydrogen-bond acceptors (Lipinski definition) is 3. The van der Waals surface area contributed by atoms with E-state index in [0.29, 0.717) is 13.1 Å². The Morgan fingerprint density at radius 1 is 0.885 bits per heavy atom. The van der Waals surface area contributed by atoms with Crippen LogP contribution in [0.15, 0.2) is 42.5 Å². The van der Waals surface area contributed by atoms with Gasteiger partial charge in [-0.2, -0.15) is 0 Å². The molecule has 2 aromatic rings. The monoisotopic (exact) mass is 349 g/mol. The number of carbonyl (C=O) groups excluding carboxylic acids is 3. The summed E-state index contributed by atoms with van der Waals surface area (Å²) in [4.78, 5) is 40.0. The maximum atomic E-state index is 12.0. The number of imide groups is 1. The van der Waals surface area contributed by atoms with E-state index in [1.807, 2.05) is 36.4 Å². The Hall–Kier alpha value is -3.15. The van der Waals surface area contributed by atoms with Crippen molar-refractivity contribution in [2.75, 3.05) is 20.6 Å². The molecule has 0 spiro atoms. The Morgan fingerprint density at radius 3 is 2.23 bits per heavy atom. The first-order valence-corrected chi connectivity index (χ1v) is 8.47. The van der Waals surface area contributed by atoms with Crippen LogP contribution in [0.1, 0.15) is 21.5 Å². The van der Waals surface area contributed by atoms with E-state index < -0.39 is 0 Å². The summed E-state index contributed by atoms with van der Waals surface area (Å²) in [6.45, 7) is 1.18. The summed E-state index contributed by atoms with van der Waals surface area (Å²) in [6.07, 6.45) is 0. The van der Waals surface area contributed by atoms with Crippen molar-refractivity contribution in [3.63, 3.8) is 0 Å². The van der Waals surface area contributed by atoms with Crippen LogP contribution in [0, 0.1) is 0 Å². The molecule has 26 heavy (non-hydrogen) atoms. The molecule has 2 aliphatic rings. The zero-order valence-electron chi connectivity index (χ0n) is 14.7. The summed E-state index contributed by atoms with van der Waals surface area (Å²) >= 11 is 0. The van der Waals surface area contributed by atoms with Crippen molar-refractivity contribution in [3.8, 4) is 11.1 Å². The second-order valence-electron chi connectivity index (χ2n) is 6.82. The summed E-state index contributed by atoms with van der Waals surface area (Å²) in [6, 6.07) is 13.6. The molecule has 0 aliphatic carbocycles. The summed E-state index contributed by atoms with van der Waals surface area (Å²) in [7, 11) is 3.31. The lowest BCUT2D eigenvalue weighted by Gasteiger charge is -2.15. The molecule has 0 radical (unpaired) electrons. The molecule has 0 unspecified atom stereocenters. The van der Waals surface area contributed by atoms with E-state index in [2.05, 4.69) is 6.07 Å². The Kier molecular flexibility index (Phi) is 3.76. The summed E-state index contributed by atoms with van der Waals surface area (Å²) in [5.74, 6) is -0.110. The number of likely N-dealkylation sites (N-methyl/N-ethyl adjacent to an activating group) is 1. The molecule has 0 atom stereocenters. The Morgan fingerprint density at radius 2 is 1.58 bits per heavy atom. The molecule has 6 nitrogen and oxygen atoms in total. The summed E-state index contributed by atoms with van der Waals surface area (Å²) in [5.41, 5.74) is 4.91. The number of nitrogens with zero attached hydrogens (tertiary/aromatic N) is 3. The highest BCUT2D eigenvalue weighted by Gasteiger charge is 2.32. The first-order chi connectivity index (χ1) is 12.4. The average molecular weight is 349 g/mol. The second-order valence-corrected chi connectivity index (χ2v) is 6.82. The van der Waals surface area contributed by atoms with Crippen LogP contribution < -0.4 is 0 Å². The van der Waals surface area contributed by atoms with E-state index in [1.54, 1.807) is 11.9 Å². The van der Waals surface area contributed by atoms with Crippen LogP contribution in [-0.2, 0) is 17.9 Å². The van der Waals surface area contributed by atoms with E-state index in [-0.39, 0.29) is 24.4 Å². The lowest BCUT2D eigenvalue weighted by atomic mass is 9.99. The third kappa shape index (κ3) is 2.63. The summed E-state index contributed by atoms with van der Waals surface area (Å²) in [5, 5.41) is 0. The standard InChI is InChI=1S/C20H19N3O3/c1-21-11-16-9-15(7-8-17(16)19(21)25)14-5-3-13(4-6-14)10-23-12-18(24)22(2)20(23)26/h3-9H,10-12H2,1-2H3. The number of carbonyl (C=O) groups is 3. The molecule has 2 aliphatic heterocycles. The molecule has 6 heteroatoms. The predicted molar refractivity (Wildman–Crippen MR) is 96.3 cm³/mol. The second kappa shape index (κ2) is 5.98.